The van der Waals surface area contributed by atoms with Gasteiger partial charge in [0.2, 0.25) is 0 Å². The zero-order chi connectivity index (χ0) is 13.7. The molecule has 19 heavy (non-hydrogen) atoms. The lowest BCUT2D eigenvalue weighted by molar-refractivity contribution is -0.143. The van der Waals surface area contributed by atoms with Crippen LogP contribution in [0.25, 0.3) is 0 Å². The Bertz CT molecular complexity index is 534. The molecule has 0 amide bonds. The highest BCUT2D eigenvalue weighted by molar-refractivity contribution is 7.10. The van der Waals surface area contributed by atoms with E-state index in [0.29, 0.717) is 0 Å². The molecule has 1 unspecified atom stereocenters. The van der Waals surface area contributed by atoms with Gasteiger partial charge in [0.25, 0.3) is 0 Å². The molecule has 0 radical (unpaired) electrons. The SMILES string of the molecule is COC(=O)C(COc1ccccc1C)c1cccs1. The lowest BCUT2D eigenvalue weighted by atomic mass is 10.1. The van der Waals surface area contributed by atoms with Crippen molar-refractivity contribution in [3.05, 3.63) is 52.2 Å². The largest absolute Gasteiger partial charge is 0.492 e. The summed E-state index contributed by atoms with van der Waals surface area (Å²) in [5, 5.41) is 1.94. The standard InChI is InChI=1S/C15H16O3S/c1-11-6-3-4-7-13(11)18-10-12(15(16)17-2)14-8-5-9-19-14/h3-9,12H,10H2,1-2H3. The fourth-order valence-corrected chi connectivity index (χ4v) is 2.59. The van der Waals surface area contributed by atoms with E-state index in [0.717, 1.165) is 16.2 Å². The third kappa shape index (κ3) is 3.35. The van der Waals surface area contributed by atoms with Crippen molar-refractivity contribution in [2.75, 3.05) is 13.7 Å². The van der Waals surface area contributed by atoms with Gasteiger partial charge in [-0.25, -0.2) is 0 Å². The summed E-state index contributed by atoms with van der Waals surface area (Å²) in [6, 6.07) is 11.6. The molecule has 0 N–H and O–H groups in total. The van der Waals surface area contributed by atoms with Gasteiger partial charge in [0, 0.05) is 4.88 Å². The van der Waals surface area contributed by atoms with E-state index >= 15 is 0 Å². The van der Waals surface area contributed by atoms with Crippen LogP contribution in [0, 0.1) is 6.92 Å². The minimum Gasteiger partial charge on any atom is -0.492 e. The van der Waals surface area contributed by atoms with Gasteiger partial charge in [-0.05, 0) is 30.0 Å². The Labute approximate surface area is 116 Å². The molecule has 2 rings (SSSR count). The molecule has 1 atom stereocenters. The zero-order valence-electron chi connectivity index (χ0n) is 11.0. The summed E-state index contributed by atoms with van der Waals surface area (Å²) in [5.74, 6) is 0.161. The summed E-state index contributed by atoms with van der Waals surface area (Å²) in [4.78, 5) is 12.8. The van der Waals surface area contributed by atoms with Crippen LogP contribution in [-0.4, -0.2) is 19.7 Å². The molecule has 0 fully saturated rings. The molecular formula is C15H16O3S. The van der Waals surface area contributed by atoms with Gasteiger partial charge in [-0.2, -0.15) is 0 Å². The fraction of sp³-hybridized carbons (Fsp3) is 0.267. The number of carbonyl (C=O) groups excluding carboxylic acids is 1. The van der Waals surface area contributed by atoms with E-state index in [9.17, 15) is 4.79 Å². The second-order valence-electron chi connectivity index (χ2n) is 4.17. The van der Waals surface area contributed by atoms with E-state index in [4.69, 9.17) is 9.47 Å². The van der Waals surface area contributed by atoms with Gasteiger partial charge >= 0.3 is 5.97 Å². The average molecular weight is 276 g/mol. The Hall–Kier alpha value is -1.81. The van der Waals surface area contributed by atoms with E-state index in [1.165, 1.54) is 18.4 Å². The molecule has 0 aliphatic carbocycles. The van der Waals surface area contributed by atoms with Crippen LogP contribution in [0.4, 0.5) is 0 Å². The predicted octanol–water partition coefficient (Wildman–Crippen LogP) is 3.39. The molecule has 100 valence electrons. The number of hydrogen-bond acceptors (Lipinski definition) is 4. The second kappa shape index (κ2) is 6.38. The van der Waals surface area contributed by atoms with Gasteiger partial charge < -0.3 is 9.47 Å². The third-order valence-electron chi connectivity index (χ3n) is 2.87. The number of thiophene rings is 1. The van der Waals surface area contributed by atoms with E-state index in [2.05, 4.69) is 0 Å². The van der Waals surface area contributed by atoms with Crippen LogP contribution in [0.1, 0.15) is 16.4 Å². The summed E-state index contributed by atoms with van der Waals surface area (Å²) < 4.78 is 10.6. The van der Waals surface area contributed by atoms with Crippen LogP contribution < -0.4 is 4.74 Å². The highest BCUT2D eigenvalue weighted by Gasteiger charge is 2.23. The maximum Gasteiger partial charge on any atom is 0.317 e. The van der Waals surface area contributed by atoms with Crippen molar-refractivity contribution in [2.24, 2.45) is 0 Å². The Morgan fingerprint density at radius 3 is 2.68 bits per heavy atom. The molecule has 1 aromatic carbocycles. The lowest BCUT2D eigenvalue weighted by Crippen LogP contribution is -2.20. The summed E-state index contributed by atoms with van der Waals surface area (Å²) in [7, 11) is 1.40. The first-order valence-corrected chi connectivity index (χ1v) is 6.90. The van der Waals surface area contributed by atoms with Crippen LogP contribution in [0.5, 0.6) is 5.75 Å². The first kappa shape index (κ1) is 13.6. The highest BCUT2D eigenvalue weighted by Crippen LogP contribution is 2.25. The van der Waals surface area contributed by atoms with Crippen molar-refractivity contribution in [3.63, 3.8) is 0 Å². The number of esters is 1. The van der Waals surface area contributed by atoms with Crippen molar-refractivity contribution in [3.8, 4) is 5.75 Å². The molecule has 0 aliphatic heterocycles. The number of hydrogen-bond donors (Lipinski definition) is 0. The fourth-order valence-electron chi connectivity index (χ4n) is 1.79. The van der Waals surface area contributed by atoms with Crippen LogP contribution >= 0.6 is 11.3 Å². The van der Waals surface area contributed by atoms with Crippen molar-refractivity contribution < 1.29 is 14.3 Å². The number of rotatable bonds is 5. The third-order valence-corrected chi connectivity index (χ3v) is 3.86. The first-order valence-electron chi connectivity index (χ1n) is 6.02. The van der Waals surface area contributed by atoms with E-state index < -0.39 is 0 Å². The smallest absolute Gasteiger partial charge is 0.317 e. The predicted molar refractivity (Wildman–Crippen MR) is 75.8 cm³/mol. The van der Waals surface area contributed by atoms with Crippen LogP contribution in [0.2, 0.25) is 0 Å². The number of carbonyl (C=O) groups is 1. The minimum absolute atomic E-state index is 0.268. The highest BCUT2D eigenvalue weighted by atomic mass is 32.1. The van der Waals surface area contributed by atoms with Gasteiger partial charge in [-0.1, -0.05) is 24.3 Å². The van der Waals surface area contributed by atoms with Crippen molar-refractivity contribution >= 4 is 17.3 Å². The average Bonchev–Trinajstić information content (AvgIpc) is 2.94. The monoisotopic (exact) mass is 276 g/mol. The van der Waals surface area contributed by atoms with Crippen LogP contribution in [0.3, 0.4) is 0 Å². The Morgan fingerprint density at radius 1 is 1.26 bits per heavy atom. The van der Waals surface area contributed by atoms with E-state index in [1.807, 2.05) is 48.7 Å². The van der Waals surface area contributed by atoms with E-state index in [1.54, 1.807) is 0 Å². The number of aryl methyl sites for hydroxylation is 1. The maximum atomic E-state index is 11.8. The zero-order valence-corrected chi connectivity index (χ0v) is 11.8. The lowest BCUT2D eigenvalue weighted by Gasteiger charge is -2.15. The molecular weight excluding hydrogens is 260 g/mol. The Morgan fingerprint density at radius 2 is 2.05 bits per heavy atom. The molecule has 0 saturated heterocycles. The first-order chi connectivity index (χ1) is 9.22. The van der Waals surface area contributed by atoms with Gasteiger partial charge in [-0.15, -0.1) is 11.3 Å². The minimum atomic E-state index is -0.371. The Balaban J connectivity index is 2.10. The summed E-state index contributed by atoms with van der Waals surface area (Å²) in [6.45, 7) is 2.27. The second-order valence-corrected chi connectivity index (χ2v) is 5.15. The molecule has 0 spiro atoms. The molecule has 0 aliphatic rings. The molecule has 2 aromatic rings. The van der Waals surface area contributed by atoms with Crippen molar-refractivity contribution in [1.82, 2.24) is 0 Å². The number of para-hydroxylation sites is 1. The Kier molecular flexibility index (Phi) is 4.58. The van der Waals surface area contributed by atoms with Crippen LogP contribution in [0.15, 0.2) is 41.8 Å². The summed E-state index contributed by atoms with van der Waals surface area (Å²) in [5.41, 5.74) is 1.05. The normalized spacial score (nSPS) is 11.9. The molecule has 1 aromatic heterocycles. The summed E-state index contributed by atoms with van der Waals surface area (Å²) >= 11 is 1.53. The quantitative estimate of drug-likeness (QED) is 0.785. The van der Waals surface area contributed by atoms with Gasteiger partial charge in [0.1, 0.15) is 18.3 Å². The van der Waals surface area contributed by atoms with Gasteiger partial charge in [-0.3, -0.25) is 4.79 Å². The number of methoxy groups -OCH3 is 1. The molecule has 0 bridgehead atoms. The molecule has 4 heteroatoms. The number of ether oxygens (including phenoxy) is 2. The molecule has 1 heterocycles. The number of benzene rings is 1. The molecule has 3 nitrogen and oxygen atoms in total. The van der Waals surface area contributed by atoms with Crippen molar-refractivity contribution in [1.29, 1.82) is 0 Å². The van der Waals surface area contributed by atoms with Crippen LogP contribution in [-0.2, 0) is 9.53 Å². The maximum absolute atomic E-state index is 11.8. The van der Waals surface area contributed by atoms with E-state index in [-0.39, 0.29) is 18.5 Å². The van der Waals surface area contributed by atoms with Gasteiger partial charge in [0.05, 0.1) is 7.11 Å². The summed E-state index contributed by atoms with van der Waals surface area (Å²) in [6.07, 6.45) is 0. The topological polar surface area (TPSA) is 35.5 Å². The van der Waals surface area contributed by atoms with Crippen molar-refractivity contribution in [2.45, 2.75) is 12.8 Å². The molecule has 0 saturated carbocycles. The van der Waals surface area contributed by atoms with Gasteiger partial charge in [0.15, 0.2) is 0 Å².